The van der Waals surface area contributed by atoms with Crippen LogP contribution in [-0.2, 0) is 28.6 Å². The summed E-state index contributed by atoms with van der Waals surface area (Å²) in [5.74, 6) is -1.29. The number of nitrogens with two attached hydrogens (primary N) is 1. The van der Waals surface area contributed by atoms with Crippen LogP contribution in [0.25, 0.3) is 0 Å². The van der Waals surface area contributed by atoms with Gasteiger partial charge < -0.3 is 30.7 Å². The summed E-state index contributed by atoms with van der Waals surface area (Å²) in [6, 6.07) is 10.3. The van der Waals surface area contributed by atoms with Crippen molar-refractivity contribution in [3.05, 3.63) is 58.1 Å². The largest absolute Gasteiger partial charge is 0.418 e. The third kappa shape index (κ3) is 8.28. The van der Waals surface area contributed by atoms with Gasteiger partial charge in [-0.2, -0.15) is 13.2 Å². The molecule has 0 unspecified atom stereocenters. The van der Waals surface area contributed by atoms with Crippen molar-refractivity contribution in [2.45, 2.75) is 82.5 Å². The first-order valence-electron chi connectivity index (χ1n) is 17.6. The maximum atomic E-state index is 14.1. The zero-order valence-electron chi connectivity index (χ0n) is 27.8. The van der Waals surface area contributed by atoms with Gasteiger partial charge in [0.2, 0.25) is 11.8 Å². The molecule has 4 amide bonds. The summed E-state index contributed by atoms with van der Waals surface area (Å²) in [5, 5.41) is 2.78. The van der Waals surface area contributed by atoms with Gasteiger partial charge in [0.05, 0.1) is 22.2 Å². The van der Waals surface area contributed by atoms with E-state index < -0.39 is 23.3 Å². The van der Waals surface area contributed by atoms with Crippen LogP contribution in [0.4, 0.5) is 29.3 Å². The molecule has 9 nitrogen and oxygen atoms in total. The highest BCUT2D eigenvalue weighted by Crippen LogP contribution is 2.39. The zero-order chi connectivity index (χ0) is 34.7. The lowest BCUT2D eigenvalue weighted by molar-refractivity contribution is -0.143. The van der Waals surface area contributed by atoms with E-state index in [-0.39, 0.29) is 47.3 Å². The van der Waals surface area contributed by atoms with Gasteiger partial charge in [-0.15, -0.1) is 0 Å². The van der Waals surface area contributed by atoms with Crippen molar-refractivity contribution in [1.29, 1.82) is 0 Å². The van der Waals surface area contributed by atoms with Crippen molar-refractivity contribution in [3.63, 3.8) is 0 Å². The summed E-state index contributed by atoms with van der Waals surface area (Å²) >= 11 is 6.15. The second kappa shape index (κ2) is 15.2. The Hall–Kier alpha value is -3.51. The Bertz CT molecular complexity index is 1520. The Balaban J connectivity index is 1.12. The molecule has 0 bridgehead atoms. The molecule has 2 aromatic rings. The summed E-state index contributed by atoms with van der Waals surface area (Å²) in [5.41, 5.74) is 6.20. The average Bonchev–Trinajstić information content (AvgIpc) is 3.27. The Morgan fingerprint density at radius 1 is 0.898 bits per heavy atom. The third-order valence-corrected chi connectivity index (χ3v) is 11.1. The number of fused-ring (bicyclic) bond motifs is 1. The number of benzene rings is 2. The maximum absolute atomic E-state index is 14.1. The van der Waals surface area contributed by atoms with E-state index in [4.69, 9.17) is 17.3 Å². The number of alkyl halides is 3. The number of nitrogens with zero attached hydrogens (tertiary/aromatic N) is 4. The molecule has 0 saturated carbocycles. The molecular weight excluding hydrogens is 657 g/mol. The number of halogens is 4. The average molecular weight is 703 g/mol. The van der Waals surface area contributed by atoms with Crippen molar-refractivity contribution in [2.24, 2.45) is 5.92 Å². The molecule has 49 heavy (non-hydrogen) atoms. The van der Waals surface area contributed by atoms with Crippen molar-refractivity contribution in [1.82, 2.24) is 19.6 Å². The van der Waals surface area contributed by atoms with Crippen LogP contribution in [0, 0.1) is 5.92 Å². The van der Waals surface area contributed by atoms with E-state index in [9.17, 15) is 27.6 Å². The van der Waals surface area contributed by atoms with Crippen LogP contribution in [0.5, 0.6) is 0 Å². The molecule has 0 spiro atoms. The van der Waals surface area contributed by atoms with Gasteiger partial charge in [-0.1, -0.05) is 36.2 Å². The number of nitrogen functional groups attached to an aromatic ring is 1. The predicted octanol–water partition coefficient (Wildman–Crippen LogP) is 6.05. The number of likely N-dealkylation sites (tertiary alicyclic amines) is 3. The maximum Gasteiger partial charge on any atom is 0.418 e. The van der Waals surface area contributed by atoms with Crippen LogP contribution >= 0.6 is 11.6 Å². The quantitative estimate of drug-likeness (QED) is 0.343. The molecule has 3 saturated heterocycles. The van der Waals surface area contributed by atoms with E-state index in [1.54, 1.807) is 9.80 Å². The molecular formula is C36H46ClF3N6O3. The number of nitrogens with one attached hydrogen (secondary N) is 1. The van der Waals surface area contributed by atoms with Gasteiger partial charge in [0.25, 0.3) is 0 Å². The summed E-state index contributed by atoms with van der Waals surface area (Å²) in [7, 11) is 0. The van der Waals surface area contributed by atoms with Gasteiger partial charge in [0, 0.05) is 56.9 Å². The molecule has 4 aliphatic rings. The number of urea groups is 1. The van der Waals surface area contributed by atoms with Gasteiger partial charge in [-0.05, 0) is 93.8 Å². The predicted molar refractivity (Wildman–Crippen MR) is 183 cm³/mol. The molecule has 13 heteroatoms. The Labute approximate surface area is 290 Å². The van der Waals surface area contributed by atoms with Crippen molar-refractivity contribution < 1.29 is 27.6 Å². The van der Waals surface area contributed by atoms with Crippen LogP contribution in [0.3, 0.4) is 0 Å². The summed E-state index contributed by atoms with van der Waals surface area (Å²) < 4.78 is 41.4. The number of amides is 4. The normalized spacial score (nSPS) is 20.8. The van der Waals surface area contributed by atoms with Gasteiger partial charge in [0.15, 0.2) is 0 Å². The minimum absolute atomic E-state index is 0.0327. The van der Waals surface area contributed by atoms with Crippen LogP contribution in [0.15, 0.2) is 36.4 Å². The van der Waals surface area contributed by atoms with Crippen molar-refractivity contribution in [2.75, 3.05) is 56.9 Å². The van der Waals surface area contributed by atoms with Crippen LogP contribution < -0.4 is 11.1 Å². The van der Waals surface area contributed by atoms with E-state index in [0.29, 0.717) is 51.6 Å². The molecule has 4 heterocycles. The number of carbonyl (C=O) groups is 3. The van der Waals surface area contributed by atoms with Crippen LogP contribution in [-0.4, -0.2) is 95.3 Å². The SMILES string of the molecule is Nc1c(Cl)cc(C[C@@H](CC(=O)N2CCC(N3CCc4ccccc4NC3=O)CC2)C(=O)N2CCC(N3CCCCC3)CC2)cc1C(F)(F)F. The van der Waals surface area contributed by atoms with E-state index in [1.807, 2.05) is 29.2 Å². The summed E-state index contributed by atoms with van der Waals surface area (Å²) in [6.07, 6.45) is 2.31. The van der Waals surface area contributed by atoms with Gasteiger partial charge in [0.1, 0.15) is 0 Å². The Morgan fingerprint density at radius 2 is 1.55 bits per heavy atom. The molecule has 2 aromatic carbocycles. The first-order valence-corrected chi connectivity index (χ1v) is 18.0. The van der Waals surface area contributed by atoms with E-state index in [0.717, 1.165) is 49.7 Å². The fraction of sp³-hybridized carbons (Fsp3) is 0.583. The second-order valence-corrected chi connectivity index (χ2v) is 14.3. The lowest BCUT2D eigenvalue weighted by Gasteiger charge is -2.41. The minimum atomic E-state index is -4.72. The Kier molecular flexibility index (Phi) is 10.9. The van der Waals surface area contributed by atoms with Crippen LogP contribution in [0.1, 0.15) is 68.1 Å². The second-order valence-electron chi connectivity index (χ2n) is 13.9. The van der Waals surface area contributed by atoms with Crippen LogP contribution in [0.2, 0.25) is 5.02 Å². The van der Waals surface area contributed by atoms with Gasteiger partial charge in [-0.25, -0.2) is 4.79 Å². The number of piperidine rings is 3. The molecule has 0 aliphatic carbocycles. The fourth-order valence-corrected chi connectivity index (χ4v) is 8.30. The van der Waals surface area contributed by atoms with Crippen molar-refractivity contribution in [3.8, 4) is 0 Å². The number of rotatable bonds is 7. The van der Waals surface area contributed by atoms with E-state index in [1.165, 1.54) is 25.3 Å². The first-order chi connectivity index (χ1) is 23.5. The molecule has 3 fully saturated rings. The van der Waals surface area contributed by atoms with Gasteiger partial charge in [-0.3, -0.25) is 9.59 Å². The molecule has 0 aromatic heterocycles. The highest BCUT2D eigenvalue weighted by molar-refractivity contribution is 6.33. The number of carbonyl (C=O) groups excluding carboxylic acids is 3. The third-order valence-electron chi connectivity index (χ3n) is 10.8. The molecule has 6 rings (SSSR count). The molecule has 3 N–H and O–H groups in total. The van der Waals surface area contributed by atoms with E-state index >= 15 is 0 Å². The molecule has 266 valence electrons. The van der Waals surface area contributed by atoms with Crippen molar-refractivity contribution >= 4 is 40.8 Å². The zero-order valence-corrected chi connectivity index (χ0v) is 28.6. The summed E-state index contributed by atoms with van der Waals surface area (Å²) in [4.78, 5) is 48.8. The molecule has 0 radical (unpaired) electrons. The smallest absolute Gasteiger partial charge is 0.397 e. The summed E-state index contributed by atoms with van der Waals surface area (Å²) in [6.45, 7) is 4.67. The van der Waals surface area contributed by atoms with Gasteiger partial charge >= 0.3 is 12.2 Å². The number of para-hydroxylation sites is 1. The standard InChI is InChI=1S/C36H46ClF3N6O3/c37-30-22-24(21-29(33(30)41)36(38,39)40)20-26(34(48)45-17-9-27(10-18-45)43-13-4-1-5-14-43)23-32(47)44-15-11-28(12-16-44)46-19-8-25-6-2-3-7-31(25)42-35(46)49/h2-3,6-7,21-22,26-28H,1,4-5,8-20,23,41H2,(H,42,49)/t26-/m0/s1. The lowest BCUT2D eigenvalue weighted by Crippen LogP contribution is -2.51. The fourth-order valence-electron chi connectivity index (χ4n) is 8.06. The topological polar surface area (TPSA) is 102 Å². The number of hydrogen-bond donors (Lipinski definition) is 2. The number of anilines is 2. The number of hydrogen-bond acceptors (Lipinski definition) is 5. The Morgan fingerprint density at radius 3 is 2.24 bits per heavy atom. The lowest BCUT2D eigenvalue weighted by atomic mass is 9.91. The minimum Gasteiger partial charge on any atom is -0.397 e. The molecule has 1 atom stereocenters. The first kappa shape index (κ1) is 35.3. The highest BCUT2D eigenvalue weighted by atomic mass is 35.5. The van der Waals surface area contributed by atoms with E-state index in [2.05, 4.69) is 10.2 Å². The monoisotopic (exact) mass is 702 g/mol. The highest BCUT2D eigenvalue weighted by Gasteiger charge is 2.37. The molecule has 4 aliphatic heterocycles.